The first-order valence-corrected chi connectivity index (χ1v) is 6.84. The number of aryl methyl sites for hydroxylation is 3. The zero-order valence-corrected chi connectivity index (χ0v) is 11.7. The number of ketones is 1. The smallest absolute Gasteiger partial charge is 0.186 e. The summed E-state index contributed by atoms with van der Waals surface area (Å²) in [5.41, 5.74) is 5.30. The number of benzene rings is 1. The fourth-order valence-electron chi connectivity index (χ4n) is 1.86. The molecule has 2 rings (SSSR count). The predicted octanol–water partition coefficient (Wildman–Crippen LogP) is 4.57. The van der Waals surface area contributed by atoms with Gasteiger partial charge in [-0.3, -0.25) is 4.79 Å². The molecular formula is C16H16OS. The molecule has 1 heterocycles. The van der Waals surface area contributed by atoms with Gasteiger partial charge in [-0.2, -0.15) is 11.3 Å². The van der Waals surface area contributed by atoms with Gasteiger partial charge in [0, 0.05) is 5.56 Å². The van der Waals surface area contributed by atoms with Crippen LogP contribution in [-0.2, 0) is 0 Å². The van der Waals surface area contributed by atoms with Gasteiger partial charge in [-0.15, -0.1) is 0 Å². The van der Waals surface area contributed by atoms with E-state index in [-0.39, 0.29) is 5.78 Å². The van der Waals surface area contributed by atoms with Crippen LogP contribution in [0.3, 0.4) is 0 Å². The van der Waals surface area contributed by atoms with Crippen molar-refractivity contribution in [3.63, 3.8) is 0 Å². The van der Waals surface area contributed by atoms with Crippen molar-refractivity contribution in [2.75, 3.05) is 0 Å². The Morgan fingerprint density at radius 3 is 2.50 bits per heavy atom. The van der Waals surface area contributed by atoms with Crippen LogP contribution in [0.5, 0.6) is 0 Å². The fraction of sp³-hybridized carbons (Fsp3) is 0.188. The lowest BCUT2D eigenvalue weighted by molar-refractivity contribution is 0.104. The highest BCUT2D eigenvalue weighted by molar-refractivity contribution is 7.08. The highest BCUT2D eigenvalue weighted by Gasteiger charge is 2.07. The van der Waals surface area contributed by atoms with Crippen molar-refractivity contribution in [1.29, 1.82) is 0 Å². The molecule has 2 heteroatoms. The molecule has 1 aromatic heterocycles. The second-order valence-corrected chi connectivity index (χ2v) is 5.29. The molecule has 0 N–H and O–H groups in total. The fourth-order valence-corrected chi connectivity index (χ4v) is 2.49. The number of hydrogen-bond acceptors (Lipinski definition) is 2. The summed E-state index contributed by atoms with van der Waals surface area (Å²) in [6.07, 6.45) is 3.52. The van der Waals surface area contributed by atoms with Crippen molar-refractivity contribution in [1.82, 2.24) is 0 Å². The molecule has 0 spiro atoms. The molecule has 0 fully saturated rings. The molecule has 0 saturated heterocycles. The number of hydrogen-bond donors (Lipinski definition) is 0. The normalized spacial score (nSPS) is 11.1. The van der Waals surface area contributed by atoms with Crippen molar-refractivity contribution in [2.45, 2.75) is 20.8 Å². The molecule has 0 amide bonds. The molecule has 0 bridgehead atoms. The van der Waals surface area contributed by atoms with E-state index in [9.17, 15) is 4.79 Å². The quantitative estimate of drug-likeness (QED) is 0.580. The van der Waals surface area contributed by atoms with E-state index in [2.05, 4.69) is 13.0 Å². The van der Waals surface area contributed by atoms with Gasteiger partial charge >= 0.3 is 0 Å². The zero-order valence-electron chi connectivity index (χ0n) is 10.9. The summed E-state index contributed by atoms with van der Waals surface area (Å²) in [5.74, 6) is 0.0711. The van der Waals surface area contributed by atoms with Crippen molar-refractivity contribution in [2.24, 2.45) is 0 Å². The van der Waals surface area contributed by atoms with E-state index in [0.29, 0.717) is 0 Å². The van der Waals surface area contributed by atoms with E-state index < -0.39 is 0 Å². The predicted molar refractivity (Wildman–Crippen MR) is 78.3 cm³/mol. The van der Waals surface area contributed by atoms with Gasteiger partial charge in [-0.1, -0.05) is 12.1 Å². The lowest BCUT2D eigenvalue weighted by atomic mass is 9.98. The lowest BCUT2D eigenvalue weighted by Crippen LogP contribution is -1.99. The SMILES string of the molecule is Cc1cc(C)c(C(=O)/C=C/c2ccsc2)cc1C. The van der Waals surface area contributed by atoms with Crippen molar-refractivity contribution >= 4 is 23.2 Å². The van der Waals surface area contributed by atoms with E-state index in [1.54, 1.807) is 17.4 Å². The maximum atomic E-state index is 12.1. The molecule has 1 nitrogen and oxygen atoms in total. The Bertz CT molecular complexity index is 592. The summed E-state index contributed by atoms with van der Waals surface area (Å²) in [5, 5.41) is 4.03. The Morgan fingerprint density at radius 2 is 1.83 bits per heavy atom. The van der Waals surface area contributed by atoms with E-state index in [4.69, 9.17) is 0 Å². The zero-order chi connectivity index (χ0) is 13.1. The highest BCUT2D eigenvalue weighted by atomic mass is 32.1. The van der Waals surface area contributed by atoms with Crippen LogP contribution >= 0.6 is 11.3 Å². The topological polar surface area (TPSA) is 17.1 Å². The van der Waals surface area contributed by atoms with Crippen LogP contribution in [0.15, 0.2) is 35.0 Å². The van der Waals surface area contributed by atoms with Crippen LogP contribution in [0.4, 0.5) is 0 Å². The number of thiophene rings is 1. The average Bonchev–Trinajstić information content (AvgIpc) is 2.84. The van der Waals surface area contributed by atoms with Crippen molar-refractivity contribution in [3.05, 3.63) is 62.9 Å². The summed E-state index contributed by atoms with van der Waals surface area (Å²) >= 11 is 1.63. The Kier molecular flexibility index (Phi) is 3.78. The van der Waals surface area contributed by atoms with Crippen LogP contribution < -0.4 is 0 Å². The summed E-state index contributed by atoms with van der Waals surface area (Å²) in [6, 6.07) is 6.05. The van der Waals surface area contributed by atoms with Gasteiger partial charge in [-0.25, -0.2) is 0 Å². The first kappa shape index (κ1) is 12.8. The van der Waals surface area contributed by atoms with Crippen LogP contribution in [0.25, 0.3) is 6.08 Å². The lowest BCUT2D eigenvalue weighted by Gasteiger charge is -2.06. The Morgan fingerprint density at radius 1 is 1.11 bits per heavy atom. The summed E-state index contributed by atoms with van der Waals surface area (Å²) in [6.45, 7) is 6.09. The average molecular weight is 256 g/mol. The number of carbonyl (C=O) groups excluding carboxylic acids is 1. The second-order valence-electron chi connectivity index (χ2n) is 4.51. The van der Waals surface area contributed by atoms with Gasteiger partial charge in [0.15, 0.2) is 5.78 Å². The largest absolute Gasteiger partial charge is 0.289 e. The minimum atomic E-state index is 0.0711. The third-order valence-electron chi connectivity index (χ3n) is 3.08. The maximum absolute atomic E-state index is 12.1. The van der Waals surface area contributed by atoms with Crippen molar-refractivity contribution < 1.29 is 4.79 Å². The summed E-state index contributed by atoms with van der Waals surface area (Å²) < 4.78 is 0. The summed E-state index contributed by atoms with van der Waals surface area (Å²) in [7, 11) is 0. The van der Waals surface area contributed by atoms with Crippen LogP contribution in [0.2, 0.25) is 0 Å². The number of carbonyl (C=O) groups is 1. The molecule has 0 radical (unpaired) electrons. The molecule has 0 aliphatic rings. The number of rotatable bonds is 3. The van der Waals surface area contributed by atoms with E-state index in [1.165, 1.54) is 5.56 Å². The standard InChI is InChI=1S/C16H16OS/c1-11-8-13(3)15(9-12(11)2)16(17)5-4-14-6-7-18-10-14/h4-10H,1-3H3/b5-4+. The monoisotopic (exact) mass is 256 g/mol. The van der Waals surface area contributed by atoms with Gasteiger partial charge in [0.25, 0.3) is 0 Å². The van der Waals surface area contributed by atoms with Gasteiger partial charge in [-0.05, 0) is 72.0 Å². The summed E-state index contributed by atoms with van der Waals surface area (Å²) in [4.78, 5) is 12.1. The Balaban J connectivity index is 2.27. The Labute approximate surface area is 112 Å². The van der Waals surface area contributed by atoms with E-state index >= 15 is 0 Å². The third-order valence-corrected chi connectivity index (χ3v) is 3.78. The molecule has 0 aliphatic heterocycles. The van der Waals surface area contributed by atoms with Crippen LogP contribution in [0.1, 0.15) is 32.6 Å². The van der Waals surface area contributed by atoms with E-state index in [0.717, 1.165) is 22.3 Å². The van der Waals surface area contributed by atoms with Crippen LogP contribution in [-0.4, -0.2) is 5.78 Å². The van der Waals surface area contributed by atoms with Gasteiger partial charge < -0.3 is 0 Å². The molecular weight excluding hydrogens is 240 g/mol. The molecule has 0 saturated carbocycles. The minimum absolute atomic E-state index is 0.0711. The van der Waals surface area contributed by atoms with Gasteiger partial charge in [0.1, 0.15) is 0 Å². The first-order valence-electron chi connectivity index (χ1n) is 5.90. The molecule has 0 aliphatic carbocycles. The molecule has 18 heavy (non-hydrogen) atoms. The maximum Gasteiger partial charge on any atom is 0.186 e. The van der Waals surface area contributed by atoms with E-state index in [1.807, 2.05) is 42.8 Å². The van der Waals surface area contributed by atoms with Crippen LogP contribution in [0, 0.1) is 20.8 Å². The molecule has 1 aromatic carbocycles. The minimum Gasteiger partial charge on any atom is -0.289 e. The third kappa shape index (κ3) is 2.77. The van der Waals surface area contributed by atoms with Crippen molar-refractivity contribution in [3.8, 4) is 0 Å². The van der Waals surface area contributed by atoms with Gasteiger partial charge in [0.2, 0.25) is 0 Å². The molecule has 2 aromatic rings. The Hall–Kier alpha value is -1.67. The molecule has 0 atom stereocenters. The number of allylic oxidation sites excluding steroid dienone is 1. The molecule has 92 valence electrons. The molecule has 0 unspecified atom stereocenters. The van der Waals surface area contributed by atoms with Gasteiger partial charge in [0.05, 0.1) is 0 Å². The second kappa shape index (κ2) is 5.32. The highest BCUT2D eigenvalue weighted by Crippen LogP contribution is 2.17. The first-order chi connectivity index (χ1) is 8.58.